The van der Waals surface area contributed by atoms with Crippen molar-refractivity contribution in [2.75, 3.05) is 6.54 Å². The van der Waals surface area contributed by atoms with E-state index in [0.29, 0.717) is 11.3 Å². The van der Waals surface area contributed by atoms with E-state index < -0.39 is 0 Å². The molecule has 1 amide bonds. The van der Waals surface area contributed by atoms with E-state index in [0.717, 1.165) is 13.0 Å². The van der Waals surface area contributed by atoms with Gasteiger partial charge in [-0.3, -0.25) is 4.79 Å². The van der Waals surface area contributed by atoms with Crippen molar-refractivity contribution in [2.24, 2.45) is 17.1 Å². The number of carbonyl (C=O) groups is 1. The summed E-state index contributed by atoms with van der Waals surface area (Å²) in [4.78, 5) is 11.7. The molecule has 3 N–H and O–H groups in total. The monoisotopic (exact) mass is 262 g/mol. The van der Waals surface area contributed by atoms with Gasteiger partial charge in [0, 0.05) is 6.54 Å². The summed E-state index contributed by atoms with van der Waals surface area (Å²) in [5.41, 5.74) is 6.15. The first-order chi connectivity index (χ1) is 7.43. The Morgan fingerprint density at radius 1 is 1.35 bits per heavy atom. The van der Waals surface area contributed by atoms with Crippen LogP contribution < -0.4 is 11.1 Å². The second-order valence-corrected chi connectivity index (χ2v) is 5.97. The quantitative estimate of drug-likeness (QED) is 0.800. The molecular formula is C13H27ClN2O. The van der Waals surface area contributed by atoms with Crippen LogP contribution in [0.4, 0.5) is 0 Å². The number of hydrogen-bond acceptors (Lipinski definition) is 2. The van der Waals surface area contributed by atoms with E-state index >= 15 is 0 Å². The molecular weight excluding hydrogens is 236 g/mol. The van der Waals surface area contributed by atoms with Crippen LogP contribution in [-0.4, -0.2) is 18.5 Å². The minimum atomic E-state index is -0.343. The van der Waals surface area contributed by atoms with Gasteiger partial charge in [0.2, 0.25) is 5.91 Å². The molecule has 0 heterocycles. The number of carbonyl (C=O) groups excluding carboxylic acids is 1. The summed E-state index contributed by atoms with van der Waals surface area (Å²) in [6.45, 7) is 7.22. The fourth-order valence-electron chi connectivity index (χ4n) is 2.45. The topological polar surface area (TPSA) is 55.1 Å². The molecule has 0 aliphatic heterocycles. The minimum absolute atomic E-state index is 0. The number of hydrogen-bond donors (Lipinski definition) is 2. The maximum Gasteiger partial charge on any atom is 0.236 e. The molecule has 1 aliphatic carbocycles. The maximum absolute atomic E-state index is 11.7. The Morgan fingerprint density at radius 3 is 2.35 bits per heavy atom. The van der Waals surface area contributed by atoms with Gasteiger partial charge in [0.05, 0.1) is 6.04 Å². The highest BCUT2D eigenvalue weighted by Gasteiger charge is 2.29. The first kappa shape index (κ1) is 16.7. The SMILES string of the molecule is CC(C)C[C@H](N)C(=O)NCC1(C)CCCC1.Cl. The van der Waals surface area contributed by atoms with Gasteiger partial charge in [-0.2, -0.15) is 0 Å². The molecule has 0 aromatic carbocycles. The zero-order chi connectivity index (χ0) is 12.2. The van der Waals surface area contributed by atoms with Gasteiger partial charge >= 0.3 is 0 Å². The predicted molar refractivity (Wildman–Crippen MR) is 74.3 cm³/mol. The number of nitrogens with one attached hydrogen (secondary N) is 1. The molecule has 3 nitrogen and oxygen atoms in total. The van der Waals surface area contributed by atoms with Crippen molar-refractivity contribution in [1.82, 2.24) is 5.32 Å². The second-order valence-electron chi connectivity index (χ2n) is 5.97. The fraction of sp³-hybridized carbons (Fsp3) is 0.923. The molecule has 0 bridgehead atoms. The third-order valence-corrected chi connectivity index (χ3v) is 3.56. The lowest BCUT2D eigenvalue weighted by molar-refractivity contribution is -0.123. The molecule has 0 unspecified atom stereocenters. The van der Waals surface area contributed by atoms with E-state index in [1.54, 1.807) is 0 Å². The van der Waals surface area contributed by atoms with E-state index in [2.05, 4.69) is 26.1 Å². The Balaban J connectivity index is 0.00000256. The van der Waals surface area contributed by atoms with Gasteiger partial charge < -0.3 is 11.1 Å². The Labute approximate surface area is 111 Å². The smallest absolute Gasteiger partial charge is 0.236 e. The third-order valence-electron chi connectivity index (χ3n) is 3.56. The molecule has 0 aromatic heterocycles. The van der Waals surface area contributed by atoms with E-state index in [1.165, 1.54) is 25.7 Å². The maximum atomic E-state index is 11.7. The molecule has 0 radical (unpaired) electrons. The van der Waals surface area contributed by atoms with Crippen LogP contribution in [0.3, 0.4) is 0 Å². The van der Waals surface area contributed by atoms with Crippen molar-refractivity contribution >= 4 is 18.3 Å². The zero-order valence-corrected chi connectivity index (χ0v) is 12.1. The van der Waals surface area contributed by atoms with Crippen molar-refractivity contribution in [3.63, 3.8) is 0 Å². The van der Waals surface area contributed by atoms with Crippen LogP contribution in [0.1, 0.15) is 52.9 Å². The van der Waals surface area contributed by atoms with Gasteiger partial charge in [-0.05, 0) is 30.6 Å². The van der Waals surface area contributed by atoms with E-state index in [4.69, 9.17) is 5.73 Å². The van der Waals surface area contributed by atoms with E-state index in [9.17, 15) is 4.79 Å². The Bertz CT molecular complexity index is 238. The Hall–Kier alpha value is -0.280. The lowest BCUT2D eigenvalue weighted by Gasteiger charge is -2.25. The van der Waals surface area contributed by atoms with Crippen molar-refractivity contribution in [3.8, 4) is 0 Å². The molecule has 1 rings (SSSR count). The average molecular weight is 263 g/mol. The van der Waals surface area contributed by atoms with Gasteiger partial charge in [0.1, 0.15) is 0 Å². The number of nitrogens with two attached hydrogens (primary N) is 1. The highest BCUT2D eigenvalue weighted by Crippen LogP contribution is 2.36. The first-order valence-electron chi connectivity index (χ1n) is 6.46. The molecule has 0 aromatic rings. The number of halogens is 1. The highest BCUT2D eigenvalue weighted by atomic mass is 35.5. The zero-order valence-electron chi connectivity index (χ0n) is 11.3. The van der Waals surface area contributed by atoms with Crippen LogP contribution >= 0.6 is 12.4 Å². The molecule has 17 heavy (non-hydrogen) atoms. The molecule has 102 valence electrons. The fourth-order valence-corrected chi connectivity index (χ4v) is 2.45. The van der Waals surface area contributed by atoms with E-state index in [-0.39, 0.29) is 24.4 Å². The molecule has 0 saturated heterocycles. The molecule has 1 saturated carbocycles. The van der Waals surface area contributed by atoms with Crippen LogP contribution in [0.25, 0.3) is 0 Å². The van der Waals surface area contributed by atoms with E-state index in [1.807, 2.05) is 0 Å². The van der Waals surface area contributed by atoms with Gasteiger partial charge in [-0.25, -0.2) is 0 Å². The predicted octanol–water partition coefficient (Wildman–Crippen LogP) is 2.48. The van der Waals surface area contributed by atoms with Crippen molar-refractivity contribution < 1.29 is 4.79 Å². The lowest BCUT2D eigenvalue weighted by Crippen LogP contribution is -2.44. The summed E-state index contributed by atoms with van der Waals surface area (Å²) in [6.07, 6.45) is 5.82. The first-order valence-corrected chi connectivity index (χ1v) is 6.46. The normalized spacial score (nSPS) is 19.8. The highest BCUT2D eigenvalue weighted by molar-refractivity contribution is 5.85. The summed E-state index contributed by atoms with van der Waals surface area (Å²) < 4.78 is 0. The van der Waals surface area contributed by atoms with Crippen molar-refractivity contribution in [3.05, 3.63) is 0 Å². The summed E-state index contributed by atoms with van der Waals surface area (Å²) in [5.74, 6) is 0.490. The summed E-state index contributed by atoms with van der Waals surface area (Å²) in [7, 11) is 0. The molecule has 1 aliphatic rings. The van der Waals surface area contributed by atoms with Crippen LogP contribution in [-0.2, 0) is 4.79 Å². The van der Waals surface area contributed by atoms with Crippen LogP contribution in [0.5, 0.6) is 0 Å². The summed E-state index contributed by atoms with van der Waals surface area (Å²) >= 11 is 0. The second kappa shape index (κ2) is 7.22. The van der Waals surface area contributed by atoms with Gasteiger partial charge in [-0.1, -0.05) is 33.6 Å². The lowest BCUT2D eigenvalue weighted by atomic mass is 9.89. The Kier molecular flexibility index (Phi) is 7.10. The molecule has 1 fully saturated rings. The molecule has 1 atom stereocenters. The molecule has 4 heteroatoms. The minimum Gasteiger partial charge on any atom is -0.354 e. The van der Waals surface area contributed by atoms with Crippen LogP contribution in [0.2, 0.25) is 0 Å². The molecule has 0 spiro atoms. The largest absolute Gasteiger partial charge is 0.354 e. The van der Waals surface area contributed by atoms with Crippen molar-refractivity contribution in [2.45, 2.75) is 58.9 Å². The van der Waals surface area contributed by atoms with Gasteiger partial charge in [0.15, 0.2) is 0 Å². The summed E-state index contributed by atoms with van der Waals surface area (Å²) in [5, 5.41) is 3.01. The summed E-state index contributed by atoms with van der Waals surface area (Å²) in [6, 6.07) is -0.343. The number of amides is 1. The average Bonchev–Trinajstić information content (AvgIpc) is 2.61. The van der Waals surface area contributed by atoms with Gasteiger partial charge in [-0.15, -0.1) is 12.4 Å². The number of rotatable bonds is 5. The van der Waals surface area contributed by atoms with Crippen molar-refractivity contribution in [1.29, 1.82) is 0 Å². The Morgan fingerprint density at radius 2 is 1.88 bits per heavy atom. The third kappa shape index (κ3) is 5.73. The standard InChI is InChI=1S/C13H26N2O.ClH/c1-10(2)8-11(14)12(16)15-9-13(3)6-4-5-7-13;/h10-11H,4-9,14H2,1-3H3,(H,15,16);1H/t11-;/m0./s1. The van der Waals surface area contributed by atoms with Crippen LogP contribution in [0, 0.1) is 11.3 Å². The van der Waals surface area contributed by atoms with Gasteiger partial charge in [0.25, 0.3) is 0 Å². The van der Waals surface area contributed by atoms with Crippen LogP contribution in [0.15, 0.2) is 0 Å².